The van der Waals surface area contributed by atoms with Gasteiger partial charge in [-0.05, 0) is 42.2 Å². The van der Waals surface area contributed by atoms with Crippen molar-refractivity contribution in [2.24, 2.45) is 0 Å². The molecule has 0 saturated heterocycles. The van der Waals surface area contributed by atoms with Crippen LogP contribution in [0.5, 0.6) is 0 Å². The topological polar surface area (TPSA) is 70.5 Å². The third kappa shape index (κ3) is 6.66. The van der Waals surface area contributed by atoms with Crippen molar-refractivity contribution in [2.75, 3.05) is 0 Å². The molecule has 0 atom stereocenters. The summed E-state index contributed by atoms with van der Waals surface area (Å²) in [5, 5.41) is 8.35. The number of alkyl halides is 6. The Morgan fingerprint density at radius 3 is 2.08 bits per heavy atom. The maximum absolute atomic E-state index is 13.2. The van der Waals surface area contributed by atoms with Crippen LogP contribution in [0.15, 0.2) is 66.0 Å². The molecule has 4 rings (SSSR count). The van der Waals surface area contributed by atoms with Crippen LogP contribution in [-0.2, 0) is 44.8 Å². The first-order chi connectivity index (χ1) is 17.5. The average Bonchev–Trinajstić information content (AvgIpc) is 3.46. The Morgan fingerprint density at radius 1 is 0.811 bits per heavy atom. The van der Waals surface area contributed by atoms with Gasteiger partial charge in [-0.15, -0.1) is 0 Å². The highest BCUT2D eigenvalue weighted by atomic mass is 19.4. The van der Waals surface area contributed by atoms with E-state index >= 15 is 0 Å². The van der Waals surface area contributed by atoms with Crippen molar-refractivity contribution in [1.29, 1.82) is 0 Å². The van der Waals surface area contributed by atoms with Gasteiger partial charge in [0.15, 0.2) is 0 Å². The van der Waals surface area contributed by atoms with E-state index in [9.17, 15) is 31.1 Å². The molecule has 4 aromatic rings. The number of halogens is 6. The number of nitrogens with zero attached hydrogens (tertiary/aromatic N) is 6. The summed E-state index contributed by atoms with van der Waals surface area (Å²) in [7, 11) is 0. The van der Waals surface area contributed by atoms with Crippen molar-refractivity contribution in [3.8, 4) is 0 Å². The first-order valence-electron chi connectivity index (χ1n) is 11.3. The molecule has 0 radical (unpaired) electrons. The van der Waals surface area contributed by atoms with Crippen molar-refractivity contribution < 1.29 is 26.3 Å². The van der Waals surface area contributed by atoms with E-state index in [1.165, 1.54) is 21.9 Å². The molecule has 0 bridgehead atoms. The summed E-state index contributed by atoms with van der Waals surface area (Å²) >= 11 is 0. The largest absolute Gasteiger partial charge is 0.416 e. The van der Waals surface area contributed by atoms with Crippen LogP contribution in [0.3, 0.4) is 0 Å². The van der Waals surface area contributed by atoms with E-state index in [0.717, 1.165) is 5.56 Å². The van der Waals surface area contributed by atoms with Crippen LogP contribution in [0.2, 0.25) is 0 Å². The van der Waals surface area contributed by atoms with Crippen LogP contribution in [0.4, 0.5) is 26.3 Å². The lowest BCUT2D eigenvalue weighted by atomic mass is 10.0. The van der Waals surface area contributed by atoms with Crippen LogP contribution >= 0.6 is 0 Å². The van der Waals surface area contributed by atoms with Crippen molar-refractivity contribution in [3.05, 3.63) is 99.7 Å². The monoisotopic (exact) mass is 524 g/mol. The quantitative estimate of drug-likeness (QED) is 0.300. The van der Waals surface area contributed by atoms with Gasteiger partial charge in [0.1, 0.15) is 18.5 Å². The van der Waals surface area contributed by atoms with Crippen molar-refractivity contribution in [3.63, 3.8) is 0 Å². The molecule has 13 heteroatoms. The molecule has 0 spiro atoms. The lowest BCUT2D eigenvalue weighted by Gasteiger charge is -2.14. The Balaban J connectivity index is 1.60. The number of aryl methyl sites for hydroxylation is 4. The fraction of sp³-hybridized carbons (Fsp3) is 0.333. The third-order valence-electron chi connectivity index (χ3n) is 5.69. The Bertz CT molecular complexity index is 1340. The first-order valence-corrected chi connectivity index (χ1v) is 11.3. The number of rotatable bonds is 9. The standard InChI is InChI=1S/C24H22F6N6O/c25-23(26,27)19-11-18(12-20(13-19)24(28,29)30)7-8-21-33-36(10-4-9-34-16-31-15-32-34)22(37)35(21)14-17-5-2-1-3-6-17/h1-3,5-6,11-13,15-16H,4,7-10,14H2. The van der Waals surface area contributed by atoms with E-state index < -0.39 is 29.2 Å². The highest BCUT2D eigenvalue weighted by molar-refractivity contribution is 5.34. The molecule has 0 aliphatic carbocycles. The molecule has 7 nitrogen and oxygen atoms in total. The summed E-state index contributed by atoms with van der Waals surface area (Å²) in [6.45, 7) is 0.890. The zero-order valence-electron chi connectivity index (χ0n) is 19.4. The van der Waals surface area contributed by atoms with E-state index in [1.807, 2.05) is 6.07 Å². The number of benzene rings is 2. The molecule has 37 heavy (non-hydrogen) atoms. The summed E-state index contributed by atoms with van der Waals surface area (Å²) in [6, 6.07) is 10.5. The molecule has 2 aromatic carbocycles. The van der Waals surface area contributed by atoms with Crippen LogP contribution < -0.4 is 5.69 Å². The summed E-state index contributed by atoms with van der Waals surface area (Å²) in [5.41, 5.74) is -2.53. The Kier molecular flexibility index (Phi) is 7.50. The minimum absolute atomic E-state index is 0.0310. The van der Waals surface area contributed by atoms with Gasteiger partial charge in [0.25, 0.3) is 0 Å². The van der Waals surface area contributed by atoms with Gasteiger partial charge in [-0.25, -0.2) is 14.5 Å². The molecule has 0 unspecified atom stereocenters. The van der Waals surface area contributed by atoms with Gasteiger partial charge in [-0.1, -0.05) is 30.3 Å². The van der Waals surface area contributed by atoms with Crippen LogP contribution in [0.1, 0.15) is 34.5 Å². The van der Waals surface area contributed by atoms with Crippen molar-refractivity contribution in [2.45, 2.75) is 51.2 Å². The minimum Gasteiger partial charge on any atom is -0.274 e. The highest BCUT2D eigenvalue weighted by Crippen LogP contribution is 2.36. The summed E-state index contributed by atoms with van der Waals surface area (Å²) < 4.78 is 83.7. The second-order valence-corrected chi connectivity index (χ2v) is 8.42. The van der Waals surface area contributed by atoms with Gasteiger partial charge in [0.05, 0.1) is 17.7 Å². The Labute approximate surface area is 207 Å². The van der Waals surface area contributed by atoms with Gasteiger partial charge < -0.3 is 0 Å². The van der Waals surface area contributed by atoms with E-state index in [0.29, 0.717) is 25.1 Å². The molecule has 0 amide bonds. The molecule has 196 valence electrons. The van der Waals surface area contributed by atoms with Gasteiger partial charge in [0.2, 0.25) is 0 Å². The molecule has 0 saturated carbocycles. The fourth-order valence-electron chi connectivity index (χ4n) is 3.89. The predicted molar refractivity (Wildman–Crippen MR) is 121 cm³/mol. The van der Waals surface area contributed by atoms with E-state index in [2.05, 4.69) is 15.2 Å². The van der Waals surface area contributed by atoms with Gasteiger partial charge in [0, 0.05) is 19.5 Å². The maximum atomic E-state index is 13.2. The van der Waals surface area contributed by atoms with Crippen LogP contribution in [-0.4, -0.2) is 29.1 Å². The second kappa shape index (κ2) is 10.6. The molecule has 0 aliphatic rings. The van der Waals surface area contributed by atoms with Crippen molar-refractivity contribution >= 4 is 0 Å². The normalized spacial score (nSPS) is 12.3. The summed E-state index contributed by atoms with van der Waals surface area (Å²) in [6.07, 6.45) is -6.64. The molecule has 2 heterocycles. The third-order valence-corrected chi connectivity index (χ3v) is 5.69. The highest BCUT2D eigenvalue weighted by Gasteiger charge is 2.36. The zero-order valence-corrected chi connectivity index (χ0v) is 19.4. The van der Waals surface area contributed by atoms with Crippen LogP contribution in [0, 0.1) is 0 Å². The van der Waals surface area contributed by atoms with E-state index in [1.54, 1.807) is 28.9 Å². The second-order valence-electron chi connectivity index (χ2n) is 8.42. The van der Waals surface area contributed by atoms with E-state index in [4.69, 9.17) is 0 Å². The molecular formula is C24H22F6N6O. The molecule has 2 aromatic heterocycles. The molecule has 0 fully saturated rings. The van der Waals surface area contributed by atoms with Gasteiger partial charge in [-0.2, -0.15) is 36.5 Å². The first kappa shape index (κ1) is 26.2. The van der Waals surface area contributed by atoms with Gasteiger partial charge >= 0.3 is 18.0 Å². The Morgan fingerprint density at radius 2 is 1.49 bits per heavy atom. The lowest BCUT2D eigenvalue weighted by Crippen LogP contribution is -2.26. The van der Waals surface area contributed by atoms with Crippen LogP contribution in [0.25, 0.3) is 0 Å². The smallest absolute Gasteiger partial charge is 0.274 e. The average molecular weight is 524 g/mol. The van der Waals surface area contributed by atoms with Gasteiger partial charge in [-0.3, -0.25) is 9.25 Å². The molecule has 0 aliphatic heterocycles. The number of hydrogen-bond donors (Lipinski definition) is 0. The maximum Gasteiger partial charge on any atom is 0.416 e. The van der Waals surface area contributed by atoms with Crippen molar-refractivity contribution in [1.82, 2.24) is 29.1 Å². The number of hydrogen-bond acceptors (Lipinski definition) is 4. The molecular weight excluding hydrogens is 502 g/mol. The number of aromatic nitrogens is 6. The SMILES string of the molecule is O=c1n(CCCn2cncn2)nc(CCc2cc(C(F)(F)F)cc(C(F)(F)F)c2)n1Cc1ccccc1. The summed E-state index contributed by atoms with van der Waals surface area (Å²) in [4.78, 5) is 16.9. The Hall–Kier alpha value is -3.90. The van der Waals surface area contributed by atoms with E-state index in [-0.39, 0.29) is 43.4 Å². The molecule has 0 N–H and O–H groups in total. The predicted octanol–water partition coefficient (Wildman–Crippen LogP) is 4.60. The zero-order chi connectivity index (χ0) is 26.6. The fourth-order valence-corrected chi connectivity index (χ4v) is 3.89. The summed E-state index contributed by atoms with van der Waals surface area (Å²) in [5.74, 6) is 0.264. The lowest BCUT2D eigenvalue weighted by molar-refractivity contribution is -0.143. The minimum atomic E-state index is -4.93.